The molecule has 1 saturated heterocycles. The zero-order chi connectivity index (χ0) is 22.9. The number of piperazine rings is 1. The Hall–Kier alpha value is -3.46. The Morgan fingerprint density at radius 2 is 1.94 bits per heavy atom. The van der Waals surface area contributed by atoms with E-state index in [9.17, 15) is 0 Å². The Morgan fingerprint density at radius 3 is 2.61 bits per heavy atom. The van der Waals surface area contributed by atoms with Gasteiger partial charge in [0.15, 0.2) is 11.4 Å². The first kappa shape index (κ1) is 21.4. The number of nitrogens with zero attached hydrogens (tertiary/aromatic N) is 7. The number of fused-ring (bicyclic) bond motifs is 1. The first-order valence-electron chi connectivity index (χ1n) is 11.5. The average molecular weight is 447 g/mol. The molecule has 0 amide bonds. The van der Waals surface area contributed by atoms with Crippen LogP contribution >= 0.6 is 0 Å². The summed E-state index contributed by atoms with van der Waals surface area (Å²) in [4.78, 5) is 14.0. The van der Waals surface area contributed by atoms with Gasteiger partial charge >= 0.3 is 0 Å². The van der Waals surface area contributed by atoms with Gasteiger partial charge in [-0.2, -0.15) is 10.2 Å². The van der Waals surface area contributed by atoms with Crippen LogP contribution in [0.25, 0.3) is 28.3 Å². The molecule has 0 radical (unpaired) electrons. The number of methoxy groups -OCH3 is 1. The van der Waals surface area contributed by atoms with Gasteiger partial charge in [-0.25, -0.2) is 9.50 Å². The Kier molecular flexibility index (Phi) is 5.72. The van der Waals surface area contributed by atoms with E-state index in [1.54, 1.807) is 11.6 Å². The van der Waals surface area contributed by atoms with Gasteiger partial charge in [0.1, 0.15) is 6.33 Å². The molecule has 0 spiro atoms. The Balaban J connectivity index is 1.48. The molecule has 5 rings (SSSR count). The predicted octanol–water partition coefficient (Wildman–Crippen LogP) is 3.46. The maximum absolute atomic E-state index is 5.54. The van der Waals surface area contributed by atoms with Crippen LogP contribution in [0.1, 0.15) is 32.3 Å². The molecule has 0 unspecified atom stereocenters. The van der Waals surface area contributed by atoms with Crippen molar-refractivity contribution >= 4 is 11.3 Å². The molecular weight excluding hydrogens is 416 g/mol. The van der Waals surface area contributed by atoms with Crippen molar-refractivity contribution in [3.8, 4) is 28.4 Å². The molecule has 0 aromatic carbocycles. The highest BCUT2D eigenvalue weighted by Crippen LogP contribution is 2.36. The quantitative estimate of drug-likeness (QED) is 0.485. The first-order valence-corrected chi connectivity index (χ1v) is 11.5. The van der Waals surface area contributed by atoms with E-state index in [0.29, 0.717) is 11.4 Å². The van der Waals surface area contributed by atoms with E-state index in [0.717, 1.165) is 60.9 Å². The Bertz CT molecular complexity index is 1240. The number of pyridine rings is 2. The van der Waals surface area contributed by atoms with Crippen molar-refractivity contribution in [2.75, 3.05) is 44.7 Å². The third kappa shape index (κ3) is 3.93. The summed E-state index contributed by atoms with van der Waals surface area (Å²) in [5.74, 6) is 0.907. The maximum Gasteiger partial charge on any atom is 0.197 e. The molecule has 0 bridgehead atoms. The number of anilines is 1. The highest BCUT2D eigenvalue weighted by molar-refractivity contribution is 5.75. The number of hydrogen-bond acceptors (Lipinski definition) is 7. The number of hydrogen-bond donors (Lipinski definition) is 1. The number of nitrogens with one attached hydrogen (secondary N) is 1. The molecule has 4 aromatic rings. The smallest absolute Gasteiger partial charge is 0.197 e. The van der Waals surface area contributed by atoms with Gasteiger partial charge in [-0.05, 0) is 30.7 Å². The summed E-state index contributed by atoms with van der Waals surface area (Å²) in [6, 6.07) is 6.22. The molecule has 33 heavy (non-hydrogen) atoms. The lowest BCUT2D eigenvalue weighted by atomic mass is 9.96. The summed E-state index contributed by atoms with van der Waals surface area (Å²) < 4.78 is 7.26. The summed E-state index contributed by atoms with van der Waals surface area (Å²) in [5.41, 5.74) is 6.59. The van der Waals surface area contributed by atoms with E-state index in [2.05, 4.69) is 63.0 Å². The Labute approximate surface area is 193 Å². The Morgan fingerprint density at radius 1 is 1.12 bits per heavy atom. The number of H-pyrrole nitrogens is 1. The molecule has 9 nitrogen and oxygen atoms in total. The highest BCUT2D eigenvalue weighted by atomic mass is 16.5. The van der Waals surface area contributed by atoms with E-state index in [1.807, 2.05) is 18.5 Å². The lowest BCUT2D eigenvalue weighted by Gasteiger charge is -2.35. The summed E-state index contributed by atoms with van der Waals surface area (Å²) >= 11 is 0. The van der Waals surface area contributed by atoms with Crippen LogP contribution in [0.15, 0.2) is 36.9 Å². The van der Waals surface area contributed by atoms with E-state index < -0.39 is 0 Å². The third-order valence-electron chi connectivity index (χ3n) is 6.40. The van der Waals surface area contributed by atoms with Crippen molar-refractivity contribution in [3.05, 3.63) is 42.5 Å². The molecule has 5 heterocycles. The molecule has 0 saturated carbocycles. The lowest BCUT2D eigenvalue weighted by Crippen LogP contribution is -2.46. The van der Waals surface area contributed by atoms with Crippen LogP contribution in [0.2, 0.25) is 0 Å². The van der Waals surface area contributed by atoms with Gasteiger partial charge in [-0.3, -0.25) is 10.1 Å². The van der Waals surface area contributed by atoms with Gasteiger partial charge in [-0.15, -0.1) is 0 Å². The van der Waals surface area contributed by atoms with Crippen molar-refractivity contribution in [1.82, 2.24) is 34.7 Å². The van der Waals surface area contributed by atoms with Gasteiger partial charge < -0.3 is 14.5 Å². The number of rotatable bonds is 6. The third-order valence-corrected chi connectivity index (χ3v) is 6.40. The normalized spacial score (nSPS) is 15.0. The SMILES string of the molecule is CCN1CCN(c2ccc(-c3[nH]nc(-c4cc(OC)c5ncnn5c4)c3C(C)C)nc2)CC1. The molecule has 172 valence electrons. The molecular formula is C24H30N8O. The predicted molar refractivity (Wildman–Crippen MR) is 129 cm³/mol. The minimum atomic E-state index is 0.245. The molecule has 1 N–H and O–H groups in total. The van der Waals surface area contributed by atoms with Crippen LogP contribution in [-0.4, -0.2) is 74.5 Å². The van der Waals surface area contributed by atoms with Gasteiger partial charge in [0.05, 0.1) is 36.1 Å². The summed E-state index contributed by atoms with van der Waals surface area (Å²) in [6.45, 7) is 11.9. The standard InChI is InChI=1S/C24H30N8O/c1-5-30-8-10-31(11-9-30)18-6-7-19(25-13-18)23-21(16(2)3)22(28-29-23)17-12-20(33-4)24-26-15-27-32(24)14-17/h6-7,12-16H,5,8-11H2,1-4H3,(H,28,29). The number of aromatic amines is 1. The van der Waals surface area contributed by atoms with Crippen LogP contribution in [0.4, 0.5) is 5.69 Å². The zero-order valence-electron chi connectivity index (χ0n) is 19.6. The number of ether oxygens (including phenoxy) is 1. The van der Waals surface area contributed by atoms with Crippen LogP contribution < -0.4 is 9.64 Å². The molecule has 1 aliphatic heterocycles. The summed E-state index contributed by atoms with van der Waals surface area (Å²) in [5, 5.41) is 12.2. The van der Waals surface area contributed by atoms with Gasteiger partial charge in [0.2, 0.25) is 0 Å². The molecule has 0 aliphatic carbocycles. The molecule has 1 aliphatic rings. The second kappa shape index (κ2) is 8.82. The van der Waals surface area contributed by atoms with Crippen molar-refractivity contribution in [2.45, 2.75) is 26.7 Å². The minimum absolute atomic E-state index is 0.245. The monoisotopic (exact) mass is 446 g/mol. The molecule has 1 fully saturated rings. The fourth-order valence-electron chi connectivity index (χ4n) is 4.55. The highest BCUT2D eigenvalue weighted by Gasteiger charge is 2.22. The number of aromatic nitrogens is 6. The fourth-order valence-corrected chi connectivity index (χ4v) is 4.55. The van der Waals surface area contributed by atoms with Crippen LogP contribution in [0, 0.1) is 0 Å². The minimum Gasteiger partial charge on any atom is -0.493 e. The van der Waals surface area contributed by atoms with Crippen LogP contribution in [-0.2, 0) is 0 Å². The zero-order valence-corrected chi connectivity index (χ0v) is 19.6. The van der Waals surface area contributed by atoms with Gasteiger partial charge in [0, 0.05) is 43.5 Å². The summed E-state index contributed by atoms with van der Waals surface area (Å²) in [6.07, 6.45) is 5.43. The van der Waals surface area contributed by atoms with Crippen LogP contribution in [0.5, 0.6) is 5.75 Å². The second-order valence-electron chi connectivity index (χ2n) is 8.66. The van der Waals surface area contributed by atoms with E-state index in [-0.39, 0.29) is 5.92 Å². The second-order valence-corrected chi connectivity index (χ2v) is 8.66. The number of likely N-dealkylation sites (N-methyl/N-ethyl adjacent to an activating group) is 1. The molecule has 0 atom stereocenters. The van der Waals surface area contributed by atoms with Crippen molar-refractivity contribution in [1.29, 1.82) is 0 Å². The van der Waals surface area contributed by atoms with E-state index in [1.165, 1.54) is 12.0 Å². The largest absolute Gasteiger partial charge is 0.493 e. The van der Waals surface area contributed by atoms with E-state index >= 15 is 0 Å². The van der Waals surface area contributed by atoms with Gasteiger partial charge in [0.25, 0.3) is 0 Å². The maximum atomic E-state index is 5.54. The lowest BCUT2D eigenvalue weighted by molar-refractivity contribution is 0.271. The van der Waals surface area contributed by atoms with Crippen molar-refractivity contribution < 1.29 is 4.74 Å². The fraction of sp³-hybridized carbons (Fsp3) is 0.417. The molecule has 9 heteroatoms. The average Bonchev–Trinajstić information content (AvgIpc) is 3.51. The van der Waals surface area contributed by atoms with Crippen molar-refractivity contribution in [2.24, 2.45) is 0 Å². The van der Waals surface area contributed by atoms with E-state index in [4.69, 9.17) is 9.72 Å². The summed E-state index contributed by atoms with van der Waals surface area (Å²) in [7, 11) is 1.64. The van der Waals surface area contributed by atoms with Crippen LogP contribution in [0.3, 0.4) is 0 Å². The molecule has 4 aromatic heterocycles. The first-order chi connectivity index (χ1) is 16.1. The topological polar surface area (TPSA) is 87.5 Å². The van der Waals surface area contributed by atoms with Crippen molar-refractivity contribution in [3.63, 3.8) is 0 Å². The van der Waals surface area contributed by atoms with Gasteiger partial charge in [-0.1, -0.05) is 20.8 Å².